The van der Waals surface area contributed by atoms with E-state index in [1.807, 2.05) is 13.0 Å². The van der Waals surface area contributed by atoms with Crippen molar-refractivity contribution in [1.82, 2.24) is 0 Å². The van der Waals surface area contributed by atoms with Crippen LogP contribution in [0.1, 0.15) is 18.1 Å². The van der Waals surface area contributed by atoms with Crippen molar-refractivity contribution in [3.63, 3.8) is 0 Å². The molecule has 0 aromatic heterocycles. The Balaban J connectivity index is 2.38. The molecule has 0 radical (unpaired) electrons. The first kappa shape index (κ1) is 17.4. The molecule has 0 aliphatic rings. The number of aliphatic imine (C=N–C) groups is 1. The number of allylic oxidation sites excluding steroid dienone is 1. The summed E-state index contributed by atoms with van der Waals surface area (Å²) in [5, 5.41) is 11.2. The molecule has 2 aromatic carbocycles. The number of phenolic OH excluding ortho intramolecular Hbond substituents is 1. The predicted molar refractivity (Wildman–Crippen MR) is 96.9 cm³/mol. The average Bonchev–Trinajstić information content (AvgIpc) is 2.51. The van der Waals surface area contributed by atoms with Crippen molar-refractivity contribution >= 4 is 35.1 Å². The third kappa shape index (κ3) is 4.50. The first-order valence-corrected chi connectivity index (χ1v) is 7.89. The minimum Gasteiger partial charge on any atom is -0.504 e. The lowest BCUT2D eigenvalue weighted by Crippen LogP contribution is -1.96. The first-order valence-electron chi connectivity index (χ1n) is 7.13. The molecular weight excluding hydrogens is 333 g/mol. The topological polar surface area (TPSA) is 41.8 Å². The van der Waals surface area contributed by atoms with Crippen LogP contribution in [0.4, 0.5) is 5.69 Å². The molecule has 120 valence electrons. The number of phenols is 1. The highest BCUT2D eigenvalue weighted by molar-refractivity contribution is 6.36. The molecule has 0 fully saturated rings. The molecule has 0 heterocycles. The van der Waals surface area contributed by atoms with E-state index in [1.165, 1.54) is 0 Å². The lowest BCUT2D eigenvalue weighted by molar-refractivity contribution is 0.317. The Morgan fingerprint density at radius 1 is 1.26 bits per heavy atom. The van der Waals surface area contributed by atoms with Crippen LogP contribution in [-0.2, 0) is 6.42 Å². The van der Waals surface area contributed by atoms with E-state index in [2.05, 4.69) is 11.6 Å². The standard InChI is InChI=1S/C18H17Cl2NO2/c1-3-5-13-8-12(9-17(18(13)22)23-4-2)11-21-16-7-6-14(19)10-15(16)20/h3,6-11,22H,1,4-5H2,2H3. The van der Waals surface area contributed by atoms with Crippen molar-refractivity contribution < 1.29 is 9.84 Å². The number of hydrogen-bond donors (Lipinski definition) is 1. The highest BCUT2D eigenvalue weighted by Crippen LogP contribution is 2.32. The van der Waals surface area contributed by atoms with Crippen LogP contribution in [0.5, 0.6) is 11.5 Å². The third-order valence-electron chi connectivity index (χ3n) is 3.10. The monoisotopic (exact) mass is 349 g/mol. The molecule has 0 saturated carbocycles. The predicted octanol–water partition coefficient (Wildman–Crippen LogP) is 5.58. The summed E-state index contributed by atoms with van der Waals surface area (Å²) in [6.07, 6.45) is 3.93. The molecular formula is C18H17Cl2NO2. The van der Waals surface area contributed by atoms with Crippen molar-refractivity contribution in [2.75, 3.05) is 6.61 Å². The van der Waals surface area contributed by atoms with Crippen LogP contribution >= 0.6 is 23.2 Å². The Morgan fingerprint density at radius 3 is 2.70 bits per heavy atom. The Hall–Kier alpha value is -1.97. The summed E-state index contributed by atoms with van der Waals surface area (Å²) in [5.41, 5.74) is 2.15. The number of ether oxygens (including phenoxy) is 1. The Kier molecular flexibility index (Phi) is 6.08. The maximum atomic E-state index is 10.2. The van der Waals surface area contributed by atoms with Crippen molar-refractivity contribution in [1.29, 1.82) is 0 Å². The van der Waals surface area contributed by atoms with E-state index in [1.54, 1.807) is 36.6 Å². The van der Waals surface area contributed by atoms with E-state index < -0.39 is 0 Å². The van der Waals surface area contributed by atoms with Crippen molar-refractivity contribution in [2.45, 2.75) is 13.3 Å². The van der Waals surface area contributed by atoms with Gasteiger partial charge in [0, 0.05) is 16.8 Å². The molecule has 2 rings (SSSR count). The van der Waals surface area contributed by atoms with E-state index in [0.717, 1.165) is 11.1 Å². The van der Waals surface area contributed by atoms with Crippen LogP contribution in [-0.4, -0.2) is 17.9 Å². The molecule has 0 bridgehead atoms. The fraction of sp³-hybridized carbons (Fsp3) is 0.167. The van der Waals surface area contributed by atoms with Gasteiger partial charge in [0.25, 0.3) is 0 Å². The van der Waals surface area contributed by atoms with Crippen LogP contribution in [0.3, 0.4) is 0 Å². The normalized spacial score (nSPS) is 10.9. The maximum absolute atomic E-state index is 10.2. The van der Waals surface area contributed by atoms with Crippen molar-refractivity contribution in [3.8, 4) is 11.5 Å². The molecule has 5 heteroatoms. The molecule has 0 spiro atoms. The molecule has 0 saturated heterocycles. The quantitative estimate of drug-likeness (QED) is 0.546. The largest absolute Gasteiger partial charge is 0.504 e. The molecule has 2 aromatic rings. The first-order chi connectivity index (χ1) is 11.0. The van der Waals surface area contributed by atoms with E-state index >= 15 is 0 Å². The summed E-state index contributed by atoms with van der Waals surface area (Å²) >= 11 is 12.0. The van der Waals surface area contributed by atoms with Gasteiger partial charge in [0.05, 0.1) is 17.3 Å². The highest BCUT2D eigenvalue weighted by Gasteiger charge is 2.09. The minimum absolute atomic E-state index is 0.133. The zero-order valence-corrected chi connectivity index (χ0v) is 14.2. The van der Waals surface area contributed by atoms with Crippen molar-refractivity contribution in [2.24, 2.45) is 4.99 Å². The molecule has 23 heavy (non-hydrogen) atoms. The van der Waals surface area contributed by atoms with Gasteiger partial charge in [0.2, 0.25) is 0 Å². The minimum atomic E-state index is 0.133. The molecule has 0 atom stereocenters. The SMILES string of the molecule is C=CCc1cc(C=Nc2ccc(Cl)cc2Cl)cc(OCC)c1O. The summed E-state index contributed by atoms with van der Waals surface area (Å²) < 4.78 is 5.47. The second kappa shape index (κ2) is 8.04. The molecule has 0 aliphatic heterocycles. The van der Waals surface area contributed by atoms with E-state index in [0.29, 0.717) is 34.5 Å². The molecule has 0 amide bonds. The van der Waals surface area contributed by atoms with Crippen LogP contribution in [0.2, 0.25) is 10.0 Å². The van der Waals surface area contributed by atoms with E-state index in [9.17, 15) is 5.11 Å². The van der Waals surface area contributed by atoms with Gasteiger partial charge in [0.1, 0.15) is 0 Å². The lowest BCUT2D eigenvalue weighted by Gasteiger charge is -2.11. The summed E-state index contributed by atoms with van der Waals surface area (Å²) in [6.45, 7) is 6.03. The van der Waals surface area contributed by atoms with Gasteiger partial charge in [-0.25, -0.2) is 0 Å². The van der Waals surface area contributed by atoms with Crippen LogP contribution in [0.25, 0.3) is 0 Å². The smallest absolute Gasteiger partial charge is 0.161 e. The summed E-state index contributed by atoms with van der Waals surface area (Å²) in [6, 6.07) is 8.69. The number of rotatable bonds is 6. The second-order valence-corrected chi connectivity index (χ2v) is 5.65. The van der Waals surface area contributed by atoms with Crippen molar-refractivity contribution in [3.05, 3.63) is 64.2 Å². The fourth-order valence-electron chi connectivity index (χ4n) is 2.07. The molecule has 0 aliphatic carbocycles. The fourth-order valence-corrected chi connectivity index (χ4v) is 2.53. The van der Waals surface area contributed by atoms with Gasteiger partial charge in [-0.05, 0) is 49.2 Å². The number of hydrogen-bond acceptors (Lipinski definition) is 3. The average molecular weight is 350 g/mol. The Labute approximate surface area is 145 Å². The number of benzene rings is 2. The number of halogens is 2. The van der Waals surface area contributed by atoms with E-state index in [4.69, 9.17) is 27.9 Å². The summed E-state index contributed by atoms with van der Waals surface area (Å²) in [7, 11) is 0. The third-order valence-corrected chi connectivity index (χ3v) is 3.64. The second-order valence-electron chi connectivity index (χ2n) is 4.81. The van der Waals surface area contributed by atoms with E-state index in [-0.39, 0.29) is 5.75 Å². The van der Waals surface area contributed by atoms with Gasteiger partial charge in [-0.3, -0.25) is 4.99 Å². The van der Waals surface area contributed by atoms with Gasteiger partial charge >= 0.3 is 0 Å². The van der Waals surface area contributed by atoms with Crippen LogP contribution in [0, 0.1) is 0 Å². The highest BCUT2D eigenvalue weighted by atomic mass is 35.5. The summed E-state index contributed by atoms with van der Waals surface area (Å²) in [4.78, 5) is 4.37. The zero-order valence-electron chi connectivity index (χ0n) is 12.7. The summed E-state index contributed by atoms with van der Waals surface area (Å²) in [5.74, 6) is 0.559. The zero-order chi connectivity index (χ0) is 16.8. The Morgan fingerprint density at radius 2 is 2.04 bits per heavy atom. The van der Waals surface area contributed by atoms with Crippen LogP contribution in [0.15, 0.2) is 48.0 Å². The number of aromatic hydroxyl groups is 1. The van der Waals surface area contributed by atoms with Gasteiger partial charge < -0.3 is 9.84 Å². The maximum Gasteiger partial charge on any atom is 0.161 e. The van der Waals surface area contributed by atoms with Crippen LogP contribution < -0.4 is 4.74 Å². The molecule has 3 nitrogen and oxygen atoms in total. The van der Waals surface area contributed by atoms with Gasteiger partial charge in [-0.1, -0.05) is 29.3 Å². The van der Waals surface area contributed by atoms with Gasteiger partial charge in [-0.15, -0.1) is 6.58 Å². The number of nitrogens with zero attached hydrogens (tertiary/aromatic N) is 1. The lowest BCUT2D eigenvalue weighted by atomic mass is 10.1. The molecule has 1 N–H and O–H groups in total. The van der Waals surface area contributed by atoms with Gasteiger partial charge in [-0.2, -0.15) is 0 Å². The van der Waals surface area contributed by atoms with Gasteiger partial charge in [0.15, 0.2) is 11.5 Å². The molecule has 0 unspecified atom stereocenters. The Bertz CT molecular complexity index is 742.